The van der Waals surface area contributed by atoms with Gasteiger partial charge in [0.1, 0.15) is 11.5 Å². The Morgan fingerprint density at radius 3 is 1.20 bits per heavy atom. The minimum atomic E-state index is -4.83. The maximum atomic E-state index is 14.0. The number of rotatable bonds is 4. The van der Waals surface area contributed by atoms with Crippen molar-refractivity contribution in [2.24, 2.45) is 0 Å². The number of hydrogen-bond acceptors (Lipinski definition) is 4. The Morgan fingerprint density at radius 1 is 0.460 bits per heavy atom. The van der Waals surface area contributed by atoms with Gasteiger partial charge in [0.2, 0.25) is 0 Å². The molecule has 9 rings (SSSR count). The molecule has 252 valence electrons. The number of phosphoric ester groups is 1. The van der Waals surface area contributed by atoms with Gasteiger partial charge >= 0.3 is 30.2 Å². The molecule has 6 aromatic carbocycles. The first kappa shape index (κ1) is 33.0. The molecular formula is C44H36AgO4P. The fraction of sp³-hybridized carbons (Fsp3) is 0.182. The van der Waals surface area contributed by atoms with Gasteiger partial charge in [0.15, 0.2) is 0 Å². The first-order chi connectivity index (χ1) is 24.0. The number of fused-ring (bicyclic) bond motifs is 7. The van der Waals surface area contributed by atoms with Crippen LogP contribution >= 0.6 is 7.82 Å². The van der Waals surface area contributed by atoms with Crippen LogP contribution in [-0.4, -0.2) is 0 Å². The van der Waals surface area contributed by atoms with E-state index in [0.29, 0.717) is 11.5 Å². The van der Waals surface area contributed by atoms with E-state index in [4.69, 9.17) is 9.05 Å². The predicted molar refractivity (Wildman–Crippen MR) is 196 cm³/mol. The van der Waals surface area contributed by atoms with Gasteiger partial charge in [-0.1, -0.05) is 109 Å². The Morgan fingerprint density at radius 2 is 0.800 bits per heavy atom. The summed E-state index contributed by atoms with van der Waals surface area (Å²) in [6.07, 6.45) is 7.97. The van der Waals surface area contributed by atoms with Gasteiger partial charge in [-0.3, -0.25) is 0 Å². The molecule has 0 aromatic heterocycles. The molecule has 0 amide bonds. The topological polar surface area (TPSA) is 58.6 Å². The summed E-state index contributed by atoms with van der Waals surface area (Å²) in [4.78, 5) is 14.0. The largest absolute Gasteiger partial charge is 1.00 e. The van der Waals surface area contributed by atoms with Crippen LogP contribution in [0.3, 0.4) is 0 Å². The van der Waals surface area contributed by atoms with E-state index >= 15 is 0 Å². The van der Waals surface area contributed by atoms with E-state index in [2.05, 4.69) is 84.9 Å². The summed E-state index contributed by atoms with van der Waals surface area (Å²) >= 11 is 0. The summed E-state index contributed by atoms with van der Waals surface area (Å²) in [5, 5.41) is 0. The minimum absolute atomic E-state index is 0. The monoisotopic (exact) mass is 766 g/mol. The van der Waals surface area contributed by atoms with Crippen molar-refractivity contribution in [2.75, 3.05) is 0 Å². The summed E-state index contributed by atoms with van der Waals surface area (Å²) in [6, 6.07) is 41.7. The zero-order chi connectivity index (χ0) is 33.0. The second-order valence-electron chi connectivity index (χ2n) is 13.5. The Hall–Kier alpha value is -4.15. The van der Waals surface area contributed by atoms with Crippen molar-refractivity contribution >= 4 is 7.82 Å². The van der Waals surface area contributed by atoms with Crippen molar-refractivity contribution in [2.45, 2.75) is 51.4 Å². The third-order valence-electron chi connectivity index (χ3n) is 10.5. The zero-order valence-electron chi connectivity index (χ0n) is 27.6. The van der Waals surface area contributed by atoms with Crippen LogP contribution < -0.4 is 13.9 Å². The molecule has 0 atom stereocenters. The van der Waals surface area contributed by atoms with Crippen molar-refractivity contribution in [3.8, 4) is 67.1 Å². The Bertz CT molecular complexity index is 2090. The average Bonchev–Trinajstić information content (AvgIpc) is 3.28. The number of phosphoric acid groups is 1. The van der Waals surface area contributed by atoms with Crippen molar-refractivity contribution in [1.82, 2.24) is 0 Å². The van der Waals surface area contributed by atoms with Crippen LogP contribution in [0.4, 0.5) is 0 Å². The van der Waals surface area contributed by atoms with Crippen LogP contribution in [0.15, 0.2) is 121 Å². The van der Waals surface area contributed by atoms with Gasteiger partial charge in [-0.05, 0) is 119 Å². The van der Waals surface area contributed by atoms with Crippen LogP contribution in [0, 0.1) is 0 Å². The zero-order valence-corrected chi connectivity index (χ0v) is 30.0. The van der Waals surface area contributed by atoms with Crippen LogP contribution in [0.5, 0.6) is 11.5 Å². The van der Waals surface area contributed by atoms with E-state index < -0.39 is 7.82 Å². The van der Waals surface area contributed by atoms with Crippen molar-refractivity contribution in [3.05, 3.63) is 144 Å². The summed E-state index contributed by atoms with van der Waals surface area (Å²) in [6.45, 7) is 0. The summed E-state index contributed by atoms with van der Waals surface area (Å²) < 4.78 is 26.2. The molecule has 2 aliphatic carbocycles. The molecule has 0 saturated carbocycles. The second-order valence-corrected chi connectivity index (χ2v) is 14.7. The smallest absolute Gasteiger partial charge is 0.736 e. The van der Waals surface area contributed by atoms with Gasteiger partial charge in [-0.25, -0.2) is 4.57 Å². The van der Waals surface area contributed by atoms with Gasteiger partial charge in [0, 0.05) is 22.3 Å². The number of benzene rings is 6. The van der Waals surface area contributed by atoms with Crippen molar-refractivity contribution < 1.29 is 40.9 Å². The quantitative estimate of drug-likeness (QED) is 0.132. The standard InChI is InChI=1S/C44H37O4P.Ag/c45-49(46)47-43-39(33-23-19-31(20-24-33)29-11-3-1-4-12-29)27-35-15-7-9-17-37(35)41(43)42-38-18-10-8-16-36(38)28-40(44(42)48-49)34-25-21-32(22-26-34)30-13-5-2-6-14-30;/h1-6,11-14,19-28H,7-10,15-18H2,(H,45,46);/q;+1/p-1. The molecule has 0 N–H and O–H groups in total. The van der Waals surface area contributed by atoms with Gasteiger partial charge < -0.3 is 13.9 Å². The van der Waals surface area contributed by atoms with E-state index in [0.717, 1.165) is 107 Å². The van der Waals surface area contributed by atoms with E-state index in [1.165, 1.54) is 22.3 Å². The molecule has 50 heavy (non-hydrogen) atoms. The molecule has 6 heteroatoms. The molecule has 0 bridgehead atoms. The predicted octanol–water partition coefficient (Wildman–Crippen LogP) is 11.0. The molecule has 0 spiro atoms. The van der Waals surface area contributed by atoms with Gasteiger partial charge in [0.25, 0.3) is 0 Å². The van der Waals surface area contributed by atoms with E-state index in [1.54, 1.807) is 0 Å². The first-order valence-electron chi connectivity index (χ1n) is 17.4. The van der Waals surface area contributed by atoms with E-state index in [9.17, 15) is 9.46 Å². The van der Waals surface area contributed by atoms with Crippen molar-refractivity contribution in [1.29, 1.82) is 0 Å². The number of hydrogen-bond donors (Lipinski definition) is 0. The Balaban J connectivity index is 0.00000361. The molecule has 4 nitrogen and oxygen atoms in total. The Kier molecular flexibility index (Phi) is 8.93. The first-order valence-corrected chi connectivity index (χ1v) is 18.9. The normalized spacial score (nSPS) is 15.5. The maximum absolute atomic E-state index is 14.0. The van der Waals surface area contributed by atoms with Crippen LogP contribution in [0.2, 0.25) is 0 Å². The summed E-state index contributed by atoms with van der Waals surface area (Å²) in [7, 11) is -4.83. The van der Waals surface area contributed by atoms with Gasteiger partial charge in [-0.15, -0.1) is 0 Å². The third-order valence-corrected chi connectivity index (χ3v) is 11.3. The van der Waals surface area contributed by atoms with Crippen LogP contribution in [0.25, 0.3) is 55.6 Å². The average molecular weight is 768 g/mol. The number of aryl methyl sites for hydroxylation is 2. The SMILES string of the molecule is O=P1([O-])Oc2c(-c3ccc(-c4ccccc4)cc3)cc3c(c2-c2c4c(cc(-c5ccc(-c6ccccc6)cc5)c2O1)CCCC4)CCCC3.[Ag+]. The van der Waals surface area contributed by atoms with Crippen LogP contribution in [-0.2, 0) is 52.6 Å². The maximum Gasteiger partial charge on any atom is 1.00 e. The third kappa shape index (κ3) is 6.00. The molecule has 0 radical (unpaired) electrons. The molecule has 0 fully saturated rings. The Labute approximate surface area is 309 Å². The minimum Gasteiger partial charge on any atom is -0.736 e. The molecular weight excluding hydrogens is 731 g/mol. The second kappa shape index (κ2) is 13.5. The molecule has 3 aliphatic rings. The molecule has 1 heterocycles. The van der Waals surface area contributed by atoms with Crippen molar-refractivity contribution in [3.63, 3.8) is 0 Å². The molecule has 0 unspecified atom stereocenters. The summed E-state index contributed by atoms with van der Waals surface area (Å²) in [5.41, 5.74) is 14.7. The molecule has 0 saturated heterocycles. The van der Waals surface area contributed by atoms with Crippen LogP contribution in [0.1, 0.15) is 47.9 Å². The molecule has 6 aromatic rings. The van der Waals surface area contributed by atoms with Gasteiger partial charge in [0.05, 0.1) is 0 Å². The molecule has 1 aliphatic heterocycles. The summed E-state index contributed by atoms with van der Waals surface area (Å²) in [5.74, 6) is 0.795. The van der Waals surface area contributed by atoms with Gasteiger partial charge in [-0.2, -0.15) is 0 Å². The fourth-order valence-corrected chi connectivity index (χ4v) is 8.97. The fourth-order valence-electron chi connectivity index (χ4n) is 8.11. The van der Waals surface area contributed by atoms with E-state index in [1.807, 2.05) is 36.4 Å². The van der Waals surface area contributed by atoms with E-state index in [-0.39, 0.29) is 22.4 Å².